The smallest absolute Gasteiger partial charge is 0.240 e. The highest BCUT2D eigenvalue weighted by Crippen LogP contribution is 2.19. The van der Waals surface area contributed by atoms with E-state index in [0.717, 1.165) is 11.1 Å². The zero-order chi connectivity index (χ0) is 16.1. The lowest BCUT2D eigenvalue weighted by atomic mass is 10.1. The van der Waals surface area contributed by atoms with Gasteiger partial charge in [0.25, 0.3) is 0 Å². The molecule has 0 amide bonds. The average molecular weight is 320 g/mol. The molecule has 23 heavy (non-hydrogen) atoms. The molecular weight excluding hydrogens is 300 g/mol. The number of aryl methyl sites for hydroxylation is 1. The second kappa shape index (κ2) is 7.27. The Labute approximate surface area is 138 Å². The van der Waals surface area contributed by atoms with Crippen LogP contribution in [0.4, 0.5) is 0 Å². The van der Waals surface area contributed by atoms with E-state index in [2.05, 4.69) is 24.3 Å². The Morgan fingerprint density at radius 2 is 1.39 bits per heavy atom. The van der Waals surface area contributed by atoms with Gasteiger partial charge in [0.2, 0.25) is 9.04 Å². The second-order valence-corrected chi connectivity index (χ2v) is 8.07. The van der Waals surface area contributed by atoms with Gasteiger partial charge in [-0.05, 0) is 23.4 Å². The lowest BCUT2D eigenvalue weighted by Crippen LogP contribution is -2.44. The summed E-state index contributed by atoms with van der Waals surface area (Å²) in [5.74, 6) is 0.296. The number of hydrogen-bond acceptors (Lipinski definition) is 2. The average Bonchev–Trinajstić information content (AvgIpc) is 2.60. The van der Waals surface area contributed by atoms with E-state index in [1.807, 2.05) is 55.5 Å². The summed E-state index contributed by atoms with van der Waals surface area (Å²) in [5, 5.41) is 12.5. The third-order valence-electron chi connectivity index (χ3n) is 3.85. The molecule has 116 valence electrons. The van der Waals surface area contributed by atoms with Gasteiger partial charge in [-0.1, -0.05) is 78.4 Å². The summed E-state index contributed by atoms with van der Waals surface area (Å²) in [7, 11) is -1.77. The Bertz CT molecular complexity index is 718. The quantitative estimate of drug-likeness (QED) is 0.733. The summed E-state index contributed by atoms with van der Waals surface area (Å²) in [4.78, 5) is 0. The Kier molecular flexibility index (Phi) is 4.91. The fourth-order valence-corrected chi connectivity index (χ4v) is 4.90. The number of aromatic hydroxyl groups is 1. The van der Waals surface area contributed by atoms with Crippen molar-refractivity contribution in [3.05, 3.63) is 90.0 Å². The fourth-order valence-electron chi connectivity index (χ4n) is 2.64. The molecule has 0 saturated heterocycles. The molecule has 0 atom stereocenters. The predicted octanol–water partition coefficient (Wildman–Crippen LogP) is 2.76. The van der Waals surface area contributed by atoms with Crippen LogP contribution in [0.5, 0.6) is 5.75 Å². The summed E-state index contributed by atoms with van der Waals surface area (Å²) in [6, 6.07) is 26.3. The third-order valence-corrected chi connectivity index (χ3v) is 6.33. The first-order chi connectivity index (χ1) is 11.2. The van der Waals surface area contributed by atoms with E-state index >= 15 is 0 Å². The number of phenolic OH excluding ortho intramolecular Hbond substituents is 1. The Morgan fingerprint density at radius 1 is 0.826 bits per heavy atom. The van der Waals surface area contributed by atoms with Crippen LogP contribution < -0.4 is 10.4 Å². The summed E-state index contributed by atoms with van der Waals surface area (Å²) in [5.41, 5.74) is 1.97. The maximum absolute atomic E-state index is 10.0. The Hall–Kier alpha value is -2.36. The van der Waals surface area contributed by atoms with E-state index in [0.29, 0.717) is 12.4 Å². The first kappa shape index (κ1) is 15.5. The monoisotopic (exact) mass is 320 g/mol. The van der Waals surface area contributed by atoms with Crippen molar-refractivity contribution in [1.82, 2.24) is 0 Å². The van der Waals surface area contributed by atoms with Gasteiger partial charge in [0.15, 0.2) is 0 Å². The van der Waals surface area contributed by atoms with Gasteiger partial charge in [-0.25, -0.2) is 0 Å². The molecule has 0 radical (unpaired) electrons. The molecule has 0 aromatic heterocycles. The highest BCUT2D eigenvalue weighted by Gasteiger charge is 2.18. The summed E-state index contributed by atoms with van der Waals surface area (Å²) >= 11 is 0. The molecule has 3 rings (SSSR count). The van der Waals surface area contributed by atoms with Crippen molar-refractivity contribution in [2.24, 2.45) is 0 Å². The van der Waals surface area contributed by atoms with Crippen molar-refractivity contribution in [2.75, 3.05) is 0 Å². The SMILES string of the molecule is Cc1ccc(O)c(CO[SiH](c2ccccc2)c2ccccc2)c1. The van der Waals surface area contributed by atoms with Crippen LogP contribution >= 0.6 is 0 Å². The number of rotatable bonds is 5. The topological polar surface area (TPSA) is 29.5 Å². The van der Waals surface area contributed by atoms with E-state index in [1.165, 1.54) is 10.4 Å². The van der Waals surface area contributed by atoms with Crippen molar-refractivity contribution in [2.45, 2.75) is 13.5 Å². The molecule has 0 spiro atoms. The van der Waals surface area contributed by atoms with Crippen LogP contribution in [0.15, 0.2) is 78.9 Å². The van der Waals surface area contributed by atoms with Crippen LogP contribution in [-0.2, 0) is 11.0 Å². The molecule has 2 nitrogen and oxygen atoms in total. The van der Waals surface area contributed by atoms with Crippen LogP contribution in [0.2, 0.25) is 0 Å². The summed E-state index contributed by atoms with van der Waals surface area (Å²) < 4.78 is 6.32. The minimum absolute atomic E-state index is 0.296. The van der Waals surface area contributed by atoms with Crippen molar-refractivity contribution >= 4 is 19.4 Å². The van der Waals surface area contributed by atoms with Crippen LogP contribution in [0, 0.1) is 6.92 Å². The molecule has 0 aliphatic carbocycles. The maximum atomic E-state index is 10.0. The molecule has 1 N–H and O–H groups in total. The molecule has 3 aromatic rings. The summed E-state index contributed by atoms with van der Waals surface area (Å²) in [6.45, 7) is 2.44. The first-order valence-corrected chi connectivity index (χ1v) is 9.36. The maximum Gasteiger partial charge on any atom is 0.240 e. The lowest BCUT2D eigenvalue weighted by molar-refractivity contribution is 0.313. The van der Waals surface area contributed by atoms with Gasteiger partial charge in [-0.15, -0.1) is 0 Å². The third kappa shape index (κ3) is 3.89. The van der Waals surface area contributed by atoms with Crippen LogP contribution in [0.25, 0.3) is 0 Å². The molecule has 0 aliphatic heterocycles. The van der Waals surface area contributed by atoms with E-state index < -0.39 is 9.04 Å². The van der Waals surface area contributed by atoms with Crippen molar-refractivity contribution < 1.29 is 9.53 Å². The number of phenols is 1. The molecule has 3 aromatic carbocycles. The predicted molar refractivity (Wildman–Crippen MR) is 96.9 cm³/mol. The first-order valence-electron chi connectivity index (χ1n) is 7.74. The van der Waals surface area contributed by atoms with Crippen LogP contribution in [-0.4, -0.2) is 14.1 Å². The van der Waals surface area contributed by atoms with Gasteiger partial charge in [0, 0.05) is 5.56 Å². The van der Waals surface area contributed by atoms with E-state index in [4.69, 9.17) is 4.43 Å². The Morgan fingerprint density at radius 3 is 1.96 bits per heavy atom. The molecule has 0 fully saturated rings. The van der Waals surface area contributed by atoms with E-state index in [9.17, 15) is 5.11 Å². The largest absolute Gasteiger partial charge is 0.508 e. The summed E-state index contributed by atoms with van der Waals surface area (Å²) in [6.07, 6.45) is 0. The number of hydrogen-bond donors (Lipinski definition) is 1. The highest BCUT2D eigenvalue weighted by molar-refractivity contribution is 6.80. The number of benzene rings is 3. The molecule has 0 bridgehead atoms. The standard InChI is InChI=1S/C20H20O2Si/c1-16-12-13-20(21)17(14-16)15-22-23(18-8-4-2-5-9-18)19-10-6-3-7-11-19/h2-14,21,23H,15H2,1H3. The zero-order valence-corrected chi connectivity index (χ0v) is 14.3. The minimum atomic E-state index is -1.77. The van der Waals surface area contributed by atoms with Crippen LogP contribution in [0.1, 0.15) is 11.1 Å². The fraction of sp³-hybridized carbons (Fsp3) is 0.100. The van der Waals surface area contributed by atoms with Crippen molar-refractivity contribution in [1.29, 1.82) is 0 Å². The normalized spacial score (nSPS) is 10.9. The van der Waals surface area contributed by atoms with Gasteiger partial charge in [0.05, 0.1) is 6.61 Å². The van der Waals surface area contributed by atoms with Gasteiger partial charge in [0.1, 0.15) is 5.75 Å². The molecule has 0 heterocycles. The Balaban J connectivity index is 1.86. The van der Waals surface area contributed by atoms with Crippen LogP contribution in [0.3, 0.4) is 0 Å². The minimum Gasteiger partial charge on any atom is -0.508 e. The van der Waals surface area contributed by atoms with Gasteiger partial charge < -0.3 is 9.53 Å². The van der Waals surface area contributed by atoms with Gasteiger partial charge in [-0.3, -0.25) is 0 Å². The van der Waals surface area contributed by atoms with Crippen molar-refractivity contribution in [3.63, 3.8) is 0 Å². The molecule has 0 saturated carbocycles. The van der Waals surface area contributed by atoms with Crippen molar-refractivity contribution in [3.8, 4) is 5.75 Å². The second-order valence-electron chi connectivity index (χ2n) is 5.64. The van der Waals surface area contributed by atoms with Gasteiger partial charge >= 0.3 is 0 Å². The lowest BCUT2D eigenvalue weighted by Gasteiger charge is -2.18. The zero-order valence-electron chi connectivity index (χ0n) is 13.1. The molecule has 3 heteroatoms. The van der Waals surface area contributed by atoms with E-state index in [1.54, 1.807) is 6.07 Å². The van der Waals surface area contributed by atoms with Gasteiger partial charge in [-0.2, -0.15) is 0 Å². The molecule has 0 aliphatic rings. The van der Waals surface area contributed by atoms with E-state index in [-0.39, 0.29) is 0 Å². The molecule has 0 unspecified atom stereocenters. The highest BCUT2D eigenvalue weighted by atomic mass is 28.3. The molecular formula is C20H20O2Si.